The fraction of sp³-hybridized carbons (Fsp3) is 0.556. The molecule has 2 aromatic rings. The fourth-order valence-corrected chi connectivity index (χ4v) is 5.69. The van der Waals surface area contributed by atoms with Crippen molar-refractivity contribution in [1.29, 1.82) is 0 Å². The van der Waals surface area contributed by atoms with Crippen LogP contribution in [0.5, 0.6) is 5.75 Å². The molecule has 0 saturated heterocycles. The minimum Gasteiger partial charge on any atom is -0.494 e. The predicted molar refractivity (Wildman–Crippen MR) is 120 cm³/mol. The SMILES string of the molecule is C=CC1CCC(CCC2CCC(c3ccc4cc(OC)c(F)c(F)c4c3)CC2)CC1. The average Bonchev–Trinajstić information content (AvgIpc) is 2.80. The Morgan fingerprint density at radius 2 is 1.53 bits per heavy atom. The van der Waals surface area contributed by atoms with E-state index in [9.17, 15) is 8.78 Å². The van der Waals surface area contributed by atoms with Gasteiger partial charge in [0.25, 0.3) is 0 Å². The van der Waals surface area contributed by atoms with Crippen molar-refractivity contribution < 1.29 is 13.5 Å². The van der Waals surface area contributed by atoms with Gasteiger partial charge in [-0.25, -0.2) is 4.39 Å². The highest BCUT2D eigenvalue weighted by atomic mass is 19.2. The van der Waals surface area contributed by atoms with E-state index in [1.165, 1.54) is 58.5 Å². The molecule has 1 nitrogen and oxygen atoms in total. The zero-order valence-electron chi connectivity index (χ0n) is 18.1. The van der Waals surface area contributed by atoms with E-state index in [1.54, 1.807) is 6.07 Å². The highest BCUT2D eigenvalue weighted by Gasteiger charge is 2.25. The second-order valence-electron chi connectivity index (χ2n) is 9.50. The molecule has 4 rings (SSSR count). The van der Waals surface area contributed by atoms with Gasteiger partial charge in [-0.2, -0.15) is 4.39 Å². The number of fused-ring (bicyclic) bond motifs is 1. The Hall–Kier alpha value is -1.90. The molecule has 0 spiro atoms. The molecular formula is C27H34F2O. The molecule has 0 aromatic heterocycles. The first-order chi connectivity index (χ1) is 14.6. The van der Waals surface area contributed by atoms with Crippen molar-refractivity contribution in [3.8, 4) is 5.75 Å². The molecular weight excluding hydrogens is 378 g/mol. The Kier molecular flexibility index (Phi) is 6.75. The molecule has 162 valence electrons. The molecule has 0 atom stereocenters. The number of ether oxygens (including phenoxy) is 1. The quantitative estimate of drug-likeness (QED) is 0.435. The lowest BCUT2D eigenvalue weighted by Crippen LogP contribution is -2.17. The highest BCUT2D eigenvalue weighted by molar-refractivity contribution is 5.85. The van der Waals surface area contributed by atoms with Crippen LogP contribution in [0.25, 0.3) is 10.8 Å². The summed E-state index contributed by atoms with van der Waals surface area (Å²) in [5.41, 5.74) is 1.15. The number of benzene rings is 2. The van der Waals surface area contributed by atoms with E-state index in [0.717, 1.165) is 36.2 Å². The summed E-state index contributed by atoms with van der Waals surface area (Å²) in [6.07, 6.45) is 15.1. The summed E-state index contributed by atoms with van der Waals surface area (Å²) in [5, 5.41) is 1.05. The Morgan fingerprint density at radius 1 is 0.900 bits per heavy atom. The van der Waals surface area contributed by atoms with Gasteiger partial charge in [0.05, 0.1) is 7.11 Å². The highest BCUT2D eigenvalue weighted by Crippen LogP contribution is 2.41. The number of allylic oxidation sites excluding steroid dienone is 1. The van der Waals surface area contributed by atoms with Gasteiger partial charge in [0, 0.05) is 5.39 Å². The Morgan fingerprint density at radius 3 is 2.13 bits per heavy atom. The molecule has 0 unspecified atom stereocenters. The van der Waals surface area contributed by atoms with E-state index in [2.05, 4.69) is 18.7 Å². The van der Waals surface area contributed by atoms with Crippen molar-refractivity contribution in [2.24, 2.45) is 17.8 Å². The first-order valence-electron chi connectivity index (χ1n) is 11.7. The molecule has 30 heavy (non-hydrogen) atoms. The molecule has 0 aliphatic heterocycles. The van der Waals surface area contributed by atoms with Gasteiger partial charge in [0.2, 0.25) is 5.82 Å². The average molecular weight is 413 g/mol. The maximum absolute atomic E-state index is 14.5. The summed E-state index contributed by atoms with van der Waals surface area (Å²) in [6.45, 7) is 3.95. The van der Waals surface area contributed by atoms with Crippen LogP contribution in [0.2, 0.25) is 0 Å². The van der Waals surface area contributed by atoms with Crippen LogP contribution in [0.4, 0.5) is 8.78 Å². The van der Waals surface area contributed by atoms with Gasteiger partial charge in [-0.15, -0.1) is 6.58 Å². The lowest BCUT2D eigenvalue weighted by molar-refractivity contribution is 0.246. The van der Waals surface area contributed by atoms with Crippen LogP contribution in [-0.4, -0.2) is 7.11 Å². The van der Waals surface area contributed by atoms with Crippen molar-refractivity contribution in [2.75, 3.05) is 7.11 Å². The van der Waals surface area contributed by atoms with Crippen LogP contribution >= 0.6 is 0 Å². The minimum atomic E-state index is -0.895. The Bertz CT molecular complexity index is 874. The molecule has 0 bridgehead atoms. The molecule has 2 fully saturated rings. The van der Waals surface area contributed by atoms with Gasteiger partial charge in [-0.3, -0.25) is 0 Å². The van der Waals surface area contributed by atoms with Crippen molar-refractivity contribution in [1.82, 2.24) is 0 Å². The third-order valence-corrected chi connectivity index (χ3v) is 7.76. The molecule has 2 saturated carbocycles. The molecule has 0 radical (unpaired) electrons. The van der Waals surface area contributed by atoms with Gasteiger partial charge in [0.15, 0.2) is 11.6 Å². The van der Waals surface area contributed by atoms with Gasteiger partial charge in [-0.1, -0.05) is 31.1 Å². The van der Waals surface area contributed by atoms with E-state index in [1.807, 2.05) is 12.1 Å². The van der Waals surface area contributed by atoms with E-state index in [0.29, 0.717) is 16.7 Å². The van der Waals surface area contributed by atoms with Gasteiger partial charge >= 0.3 is 0 Å². The first kappa shape index (κ1) is 21.3. The van der Waals surface area contributed by atoms with Crippen molar-refractivity contribution >= 4 is 10.8 Å². The van der Waals surface area contributed by atoms with Crippen molar-refractivity contribution in [3.63, 3.8) is 0 Å². The Labute approximate surface area is 179 Å². The largest absolute Gasteiger partial charge is 0.494 e. The van der Waals surface area contributed by atoms with Crippen LogP contribution in [0.1, 0.15) is 75.7 Å². The van der Waals surface area contributed by atoms with E-state index in [4.69, 9.17) is 4.74 Å². The van der Waals surface area contributed by atoms with E-state index in [-0.39, 0.29) is 5.75 Å². The predicted octanol–water partition coefficient (Wildman–Crippen LogP) is 8.17. The normalized spacial score (nSPS) is 27.2. The lowest BCUT2D eigenvalue weighted by atomic mass is 9.74. The molecule has 2 aliphatic rings. The standard InChI is InChI=1S/C27H34F2O/c1-3-18-4-6-19(7-5-18)8-9-20-10-12-21(13-11-20)22-14-15-23-17-25(30-2)27(29)26(28)24(23)16-22/h3,14-21H,1,4-13H2,2H3. The van der Waals surface area contributed by atoms with Crippen LogP contribution in [0, 0.1) is 29.4 Å². The molecule has 2 aliphatic carbocycles. The van der Waals surface area contributed by atoms with Crippen LogP contribution in [-0.2, 0) is 0 Å². The second kappa shape index (κ2) is 9.49. The summed E-state index contributed by atoms with van der Waals surface area (Å²) in [6, 6.07) is 7.43. The summed E-state index contributed by atoms with van der Waals surface area (Å²) < 4.78 is 33.6. The zero-order chi connectivity index (χ0) is 21.1. The second-order valence-corrected chi connectivity index (χ2v) is 9.50. The lowest BCUT2D eigenvalue weighted by Gasteiger charge is -2.31. The molecule has 0 heterocycles. The number of methoxy groups -OCH3 is 1. The van der Waals surface area contributed by atoms with Gasteiger partial charge < -0.3 is 4.74 Å². The Balaban J connectivity index is 1.33. The minimum absolute atomic E-state index is 0.0359. The van der Waals surface area contributed by atoms with Crippen molar-refractivity contribution in [3.05, 3.63) is 54.1 Å². The summed E-state index contributed by atoms with van der Waals surface area (Å²) >= 11 is 0. The number of hydrogen-bond donors (Lipinski definition) is 0. The number of halogens is 2. The molecule has 2 aromatic carbocycles. The molecule has 0 N–H and O–H groups in total. The van der Waals surface area contributed by atoms with Crippen LogP contribution in [0.15, 0.2) is 36.9 Å². The zero-order valence-corrected chi connectivity index (χ0v) is 18.1. The maximum atomic E-state index is 14.5. The molecule has 3 heteroatoms. The van der Waals surface area contributed by atoms with Crippen molar-refractivity contribution in [2.45, 2.75) is 70.1 Å². The summed E-state index contributed by atoms with van der Waals surface area (Å²) in [4.78, 5) is 0. The van der Waals surface area contributed by atoms with Crippen LogP contribution in [0.3, 0.4) is 0 Å². The van der Waals surface area contributed by atoms with E-state index >= 15 is 0 Å². The smallest absolute Gasteiger partial charge is 0.201 e. The van der Waals surface area contributed by atoms with E-state index < -0.39 is 11.6 Å². The summed E-state index contributed by atoms with van der Waals surface area (Å²) in [7, 11) is 1.36. The molecule has 0 amide bonds. The third kappa shape index (κ3) is 4.55. The van der Waals surface area contributed by atoms with Gasteiger partial charge in [-0.05, 0) is 98.1 Å². The van der Waals surface area contributed by atoms with Gasteiger partial charge in [0.1, 0.15) is 0 Å². The maximum Gasteiger partial charge on any atom is 0.201 e. The summed E-state index contributed by atoms with van der Waals surface area (Å²) in [5.74, 6) is 1.22. The fourth-order valence-electron chi connectivity index (χ4n) is 5.69. The van der Waals surface area contributed by atoms with Crippen LogP contribution < -0.4 is 4.74 Å². The number of rotatable bonds is 6. The number of hydrogen-bond acceptors (Lipinski definition) is 1. The monoisotopic (exact) mass is 412 g/mol. The third-order valence-electron chi connectivity index (χ3n) is 7.76. The first-order valence-corrected chi connectivity index (χ1v) is 11.7. The topological polar surface area (TPSA) is 9.23 Å².